The number of nitrogens with one attached hydrogen (secondary N) is 1. The monoisotopic (exact) mass is 499 g/mol. The number of aryl methyl sites for hydroxylation is 3. The quantitative estimate of drug-likeness (QED) is 0.350. The van der Waals surface area contributed by atoms with Gasteiger partial charge in [0.2, 0.25) is 5.91 Å². The molecule has 1 aliphatic carbocycles. The summed E-state index contributed by atoms with van der Waals surface area (Å²) in [5.74, 6) is -0.817. The summed E-state index contributed by atoms with van der Waals surface area (Å²) in [5.41, 5.74) is 4.56. The summed E-state index contributed by atoms with van der Waals surface area (Å²) in [7, 11) is 0. The maximum absolute atomic E-state index is 13.2. The van der Waals surface area contributed by atoms with Gasteiger partial charge in [0.25, 0.3) is 5.56 Å². The number of carboxylic acid groups (broad SMARTS) is 1. The van der Waals surface area contributed by atoms with Crippen molar-refractivity contribution in [2.45, 2.75) is 58.2 Å². The molecule has 1 saturated carbocycles. The van der Waals surface area contributed by atoms with Gasteiger partial charge >= 0.3 is 5.97 Å². The highest BCUT2D eigenvalue weighted by molar-refractivity contribution is 7.99. The number of carboxylic acids is 1. The number of carbonyl (C=O) groups is 2. The minimum atomic E-state index is -0.737. The largest absolute Gasteiger partial charge is 0.481 e. The Morgan fingerprint density at radius 3 is 2.50 bits per heavy atom. The van der Waals surface area contributed by atoms with Crippen LogP contribution in [0.1, 0.15) is 42.4 Å². The summed E-state index contributed by atoms with van der Waals surface area (Å²) in [6.45, 7) is 6.48. The predicted molar refractivity (Wildman–Crippen MR) is 137 cm³/mol. The normalized spacial score (nSPS) is 18.2. The molecule has 0 unspecified atom stereocenters. The Balaban J connectivity index is 1.51. The zero-order chi connectivity index (χ0) is 24.4. The number of hydrogen-bond donors (Lipinski definition) is 2. The van der Waals surface area contributed by atoms with Crippen molar-refractivity contribution in [2.75, 3.05) is 11.1 Å². The summed E-state index contributed by atoms with van der Waals surface area (Å²) in [6.07, 6.45) is 2.79. The number of fused-ring (bicyclic) bond motifs is 1. The van der Waals surface area contributed by atoms with Gasteiger partial charge in [-0.15, -0.1) is 11.3 Å². The van der Waals surface area contributed by atoms with E-state index in [0.29, 0.717) is 34.8 Å². The van der Waals surface area contributed by atoms with E-state index >= 15 is 0 Å². The van der Waals surface area contributed by atoms with Crippen molar-refractivity contribution in [3.05, 3.63) is 50.6 Å². The van der Waals surface area contributed by atoms with E-state index < -0.39 is 5.97 Å². The Morgan fingerprint density at radius 2 is 1.85 bits per heavy atom. The van der Waals surface area contributed by atoms with E-state index in [1.54, 1.807) is 4.57 Å². The molecule has 34 heavy (non-hydrogen) atoms. The molecule has 2 N–H and O–H groups in total. The zero-order valence-corrected chi connectivity index (χ0v) is 21.2. The van der Waals surface area contributed by atoms with Crippen molar-refractivity contribution in [3.63, 3.8) is 0 Å². The van der Waals surface area contributed by atoms with Crippen LogP contribution in [0.2, 0.25) is 0 Å². The van der Waals surface area contributed by atoms with Crippen LogP contribution in [0.15, 0.2) is 33.5 Å². The molecule has 0 atom stereocenters. The second-order valence-corrected chi connectivity index (χ2v) is 11.0. The lowest BCUT2D eigenvalue weighted by Crippen LogP contribution is -2.30. The molecule has 2 aromatic heterocycles. The summed E-state index contributed by atoms with van der Waals surface area (Å²) in [6, 6.07) is 5.91. The fraction of sp³-hybridized carbons (Fsp3) is 0.440. The maximum atomic E-state index is 13.2. The average molecular weight is 500 g/mol. The van der Waals surface area contributed by atoms with E-state index in [0.717, 1.165) is 35.2 Å². The predicted octanol–water partition coefficient (Wildman–Crippen LogP) is 5.01. The van der Waals surface area contributed by atoms with Crippen LogP contribution in [0.4, 0.5) is 5.69 Å². The van der Waals surface area contributed by atoms with Crippen molar-refractivity contribution in [3.8, 4) is 0 Å². The number of anilines is 1. The number of aliphatic carboxylic acids is 1. The van der Waals surface area contributed by atoms with Crippen LogP contribution in [0.3, 0.4) is 0 Å². The van der Waals surface area contributed by atoms with Gasteiger partial charge in [0.05, 0.1) is 17.2 Å². The van der Waals surface area contributed by atoms with E-state index in [1.807, 2.05) is 44.4 Å². The first kappa shape index (κ1) is 24.5. The molecule has 1 fully saturated rings. The van der Waals surface area contributed by atoms with Crippen molar-refractivity contribution >= 4 is 50.9 Å². The number of thioether (sulfide) groups is 1. The molecule has 7 nitrogen and oxygen atoms in total. The molecule has 2 heterocycles. The molecule has 180 valence electrons. The molecule has 1 aliphatic rings. The molecular weight excluding hydrogens is 470 g/mol. The number of hydrogen-bond acceptors (Lipinski definition) is 6. The topological polar surface area (TPSA) is 101 Å². The molecular formula is C25H29N3O4S2. The summed E-state index contributed by atoms with van der Waals surface area (Å²) >= 11 is 2.64. The maximum Gasteiger partial charge on any atom is 0.306 e. The first-order valence-corrected chi connectivity index (χ1v) is 13.3. The van der Waals surface area contributed by atoms with Crippen LogP contribution in [0.25, 0.3) is 10.2 Å². The molecule has 0 aliphatic heterocycles. The second-order valence-electron chi connectivity index (χ2n) is 9.11. The van der Waals surface area contributed by atoms with E-state index in [9.17, 15) is 19.5 Å². The molecule has 9 heteroatoms. The van der Waals surface area contributed by atoms with E-state index in [4.69, 9.17) is 4.98 Å². The number of aromatic nitrogens is 2. The highest BCUT2D eigenvalue weighted by atomic mass is 32.2. The van der Waals surface area contributed by atoms with Gasteiger partial charge in [-0.25, -0.2) is 4.98 Å². The first-order valence-electron chi connectivity index (χ1n) is 11.4. The van der Waals surface area contributed by atoms with Crippen LogP contribution in [-0.2, 0) is 16.1 Å². The first-order chi connectivity index (χ1) is 16.2. The number of nitrogens with zero attached hydrogens (tertiary/aromatic N) is 2. The van der Waals surface area contributed by atoms with Crippen LogP contribution in [0, 0.1) is 32.6 Å². The highest BCUT2D eigenvalue weighted by Crippen LogP contribution is 2.31. The Hall–Kier alpha value is -2.65. The number of thiophene rings is 1. The van der Waals surface area contributed by atoms with Crippen molar-refractivity contribution in [1.82, 2.24) is 9.55 Å². The van der Waals surface area contributed by atoms with Gasteiger partial charge < -0.3 is 10.4 Å². The highest BCUT2D eigenvalue weighted by Gasteiger charge is 2.27. The van der Waals surface area contributed by atoms with Gasteiger partial charge in [-0.2, -0.15) is 0 Å². The van der Waals surface area contributed by atoms with Crippen molar-refractivity contribution in [1.29, 1.82) is 0 Å². The van der Waals surface area contributed by atoms with Gasteiger partial charge in [-0.05, 0) is 74.9 Å². The fourth-order valence-electron chi connectivity index (χ4n) is 4.73. The molecule has 0 spiro atoms. The smallest absolute Gasteiger partial charge is 0.306 e. The minimum Gasteiger partial charge on any atom is -0.481 e. The number of amides is 1. The van der Waals surface area contributed by atoms with E-state index in [-0.39, 0.29) is 29.1 Å². The van der Waals surface area contributed by atoms with Gasteiger partial charge in [-0.1, -0.05) is 29.5 Å². The van der Waals surface area contributed by atoms with Crippen LogP contribution >= 0.6 is 23.1 Å². The number of rotatable bonds is 7. The van der Waals surface area contributed by atoms with Crippen molar-refractivity contribution in [2.24, 2.45) is 11.8 Å². The molecule has 0 radical (unpaired) electrons. The van der Waals surface area contributed by atoms with E-state index in [2.05, 4.69) is 5.32 Å². The molecule has 0 saturated heterocycles. The molecule has 3 aromatic rings. The SMILES string of the molecule is Cc1cc(C)c(NC(=O)CSc2nc3ccsc3c(=O)n2CC2CCC(C(=O)O)CC2)c(C)c1. The standard InChI is InChI=1S/C25H29N3O4S2/c1-14-10-15(2)21(16(3)11-14)27-20(29)13-34-25-26-19-8-9-33-22(19)23(30)28(25)12-17-4-6-18(7-5-17)24(31)32/h8-11,17-18H,4-7,12-13H2,1-3H3,(H,27,29)(H,31,32). The summed E-state index contributed by atoms with van der Waals surface area (Å²) in [5, 5.41) is 14.7. The third-order valence-electron chi connectivity index (χ3n) is 6.44. The van der Waals surface area contributed by atoms with Gasteiger partial charge in [0, 0.05) is 12.2 Å². The fourth-order valence-corrected chi connectivity index (χ4v) is 6.31. The van der Waals surface area contributed by atoms with Gasteiger partial charge in [0.15, 0.2) is 5.16 Å². The lowest BCUT2D eigenvalue weighted by molar-refractivity contribution is -0.143. The summed E-state index contributed by atoms with van der Waals surface area (Å²) in [4.78, 5) is 42.0. The Labute approximate surface area is 206 Å². The van der Waals surface area contributed by atoms with Crippen LogP contribution in [-0.4, -0.2) is 32.3 Å². The average Bonchev–Trinajstić information content (AvgIpc) is 3.26. The molecule has 1 amide bonds. The van der Waals surface area contributed by atoms with Crippen LogP contribution < -0.4 is 10.9 Å². The molecule has 1 aromatic carbocycles. The third-order valence-corrected chi connectivity index (χ3v) is 8.31. The zero-order valence-electron chi connectivity index (χ0n) is 19.6. The molecule has 4 rings (SSSR count). The Kier molecular flexibility index (Phi) is 7.42. The van der Waals surface area contributed by atoms with Gasteiger partial charge in [-0.3, -0.25) is 19.0 Å². The van der Waals surface area contributed by atoms with Crippen LogP contribution in [0.5, 0.6) is 0 Å². The lowest BCUT2D eigenvalue weighted by atomic mass is 9.82. The lowest BCUT2D eigenvalue weighted by Gasteiger charge is -2.27. The van der Waals surface area contributed by atoms with Crippen molar-refractivity contribution < 1.29 is 14.7 Å². The van der Waals surface area contributed by atoms with E-state index in [1.165, 1.54) is 23.1 Å². The third kappa shape index (κ3) is 5.36. The minimum absolute atomic E-state index is 0.0894. The number of carbonyl (C=O) groups excluding carboxylic acids is 1. The Morgan fingerprint density at radius 1 is 1.18 bits per heavy atom. The summed E-state index contributed by atoms with van der Waals surface area (Å²) < 4.78 is 2.30. The number of benzene rings is 1. The Bertz CT molecular complexity index is 1270. The van der Waals surface area contributed by atoms with Gasteiger partial charge in [0.1, 0.15) is 4.70 Å². The molecule has 0 bridgehead atoms. The second kappa shape index (κ2) is 10.3.